The topological polar surface area (TPSA) is 105 Å². The van der Waals surface area contributed by atoms with Crippen LogP contribution in [0.3, 0.4) is 0 Å². The van der Waals surface area contributed by atoms with E-state index in [0.29, 0.717) is 12.4 Å². The van der Waals surface area contributed by atoms with Crippen LogP contribution in [0.15, 0.2) is 18.2 Å². The molecule has 1 aromatic heterocycles. The summed E-state index contributed by atoms with van der Waals surface area (Å²) in [6.07, 6.45) is 1.53. The van der Waals surface area contributed by atoms with Crippen molar-refractivity contribution in [3.05, 3.63) is 35.2 Å². The summed E-state index contributed by atoms with van der Waals surface area (Å²) in [5.74, 6) is 0.645. The molecule has 128 valence electrons. The van der Waals surface area contributed by atoms with Crippen LogP contribution in [0.1, 0.15) is 50.2 Å². The number of aromatic nitrogens is 4. The number of amides is 1. The fourth-order valence-corrected chi connectivity index (χ4v) is 2.80. The molecule has 1 aromatic carbocycles. The SMILES string of the molecule is CC(C)(C)OC(=O)Nc1ccc2c(c1)CCC2NCc1nn[nH]n1. The Balaban J connectivity index is 1.61. The van der Waals surface area contributed by atoms with Gasteiger partial charge in [0.1, 0.15) is 5.60 Å². The molecule has 3 N–H and O–H groups in total. The summed E-state index contributed by atoms with van der Waals surface area (Å²) in [5.41, 5.74) is 2.72. The van der Waals surface area contributed by atoms with Gasteiger partial charge < -0.3 is 10.1 Å². The second-order valence-corrected chi connectivity index (χ2v) is 6.84. The summed E-state index contributed by atoms with van der Waals surface area (Å²) < 4.78 is 5.28. The predicted octanol–water partition coefficient (Wildman–Crippen LogP) is 2.32. The molecule has 1 heterocycles. The standard InChI is InChI=1S/C16H22N6O2/c1-16(2,3)24-15(23)18-11-5-6-12-10(8-11)4-7-13(12)17-9-14-19-21-22-20-14/h5-6,8,13,17H,4,7,9H2,1-3H3,(H,18,23)(H,19,20,21,22). The van der Waals surface area contributed by atoms with E-state index in [1.165, 1.54) is 11.1 Å². The van der Waals surface area contributed by atoms with Gasteiger partial charge in [0.2, 0.25) is 0 Å². The minimum absolute atomic E-state index is 0.258. The van der Waals surface area contributed by atoms with Crippen LogP contribution in [0.2, 0.25) is 0 Å². The van der Waals surface area contributed by atoms with Gasteiger partial charge in [-0.3, -0.25) is 5.32 Å². The molecule has 0 saturated carbocycles. The lowest BCUT2D eigenvalue weighted by Crippen LogP contribution is -2.27. The number of aryl methyl sites for hydroxylation is 1. The van der Waals surface area contributed by atoms with Crippen LogP contribution in [0.25, 0.3) is 0 Å². The van der Waals surface area contributed by atoms with Gasteiger partial charge in [-0.25, -0.2) is 4.79 Å². The molecule has 0 aliphatic heterocycles. The van der Waals surface area contributed by atoms with Gasteiger partial charge in [0, 0.05) is 11.7 Å². The number of hydrogen-bond acceptors (Lipinski definition) is 6. The maximum Gasteiger partial charge on any atom is 0.412 e. The summed E-state index contributed by atoms with van der Waals surface area (Å²) >= 11 is 0. The highest BCUT2D eigenvalue weighted by atomic mass is 16.6. The maximum atomic E-state index is 11.9. The molecule has 0 spiro atoms. The second-order valence-electron chi connectivity index (χ2n) is 6.84. The van der Waals surface area contributed by atoms with Crippen LogP contribution in [-0.2, 0) is 17.7 Å². The van der Waals surface area contributed by atoms with Crippen molar-refractivity contribution in [1.82, 2.24) is 25.9 Å². The number of aromatic amines is 1. The Labute approximate surface area is 140 Å². The molecule has 24 heavy (non-hydrogen) atoms. The first kappa shape index (κ1) is 16.4. The molecule has 0 radical (unpaired) electrons. The van der Waals surface area contributed by atoms with Crippen molar-refractivity contribution in [2.24, 2.45) is 0 Å². The fourth-order valence-electron chi connectivity index (χ4n) is 2.80. The van der Waals surface area contributed by atoms with E-state index in [-0.39, 0.29) is 6.04 Å². The van der Waals surface area contributed by atoms with Crippen LogP contribution in [0, 0.1) is 0 Å². The smallest absolute Gasteiger partial charge is 0.412 e. The Bertz CT molecular complexity index is 708. The lowest BCUT2D eigenvalue weighted by atomic mass is 10.1. The number of nitrogens with zero attached hydrogens (tertiary/aromatic N) is 3. The van der Waals surface area contributed by atoms with E-state index in [4.69, 9.17) is 4.74 Å². The number of rotatable bonds is 4. The summed E-state index contributed by atoms with van der Waals surface area (Å²) in [6.45, 7) is 6.10. The van der Waals surface area contributed by atoms with Crippen molar-refractivity contribution in [2.45, 2.75) is 51.8 Å². The number of nitrogens with one attached hydrogen (secondary N) is 3. The molecule has 0 saturated heterocycles. The first-order valence-electron chi connectivity index (χ1n) is 7.99. The highest BCUT2D eigenvalue weighted by molar-refractivity contribution is 5.85. The van der Waals surface area contributed by atoms with Crippen molar-refractivity contribution < 1.29 is 9.53 Å². The summed E-state index contributed by atoms with van der Waals surface area (Å²) in [6, 6.07) is 6.21. The molecule has 2 aromatic rings. The van der Waals surface area contributed by atoms with Crippen LogP contribution in [0.4, 0.5) is 10.5 Å². The monoisotopic (exact) mass is 330 g/mol. The zero-order valence-corrected chi connectivity index (χ0v) is 14.1. The Morgan fingerprint density at radius 2 is 2.25 bits per heavy atom. The van der Waals surface area contributed by atoms with E-state index < -0.39 is 11.7 Å². The number of hydrogen-bond donors (Lipinski definition) is 3. The largest absolute Gasteiger partial charge is 0.444 e. The van der Waals surface area contributed by atoms with Crippen molar-refractivity contribution in [3.63, 3.8) is 0 Å². The molecular formula is C16H22N6O2. The van der Waals surface area contributed by atoms with Crippen molar-refractivity contribution in [3.8, 4) is 0 Å². The molecule has 0 fully saturated rings. The Kier molecular flexibility index (Phi) is 4.48. The molecule has 1 aliphatic carbocycles. The number of benzene rings is 1. The predicted molar refractivity (Wildman–Crippen MR) is 88.4 cm³/mol. The average molecular weight is 330 g/mol. The van der Waals surface area contributed by atoms with Gasteiger partial charge in [0.25, 0.3) is 0 Å². The fraction of sp³-hybridized carbons (Fsp3) is 0.500. The van der Waals surface area contributed by atoms with Crippen molar-refractivity contribution in [1.29, 1.82) is 0 Å². The first-order valence-corrected chi connectivity index (χ1v) is 7.99. The number of anilines is 1. The molecule has 3 rings (SSSR count). The third-order valence-corrected chi connectivity index (χ3v) is 3.76. The number of carbonyl (C=O) groups is 1. The van der Waals surface area contributed by atoms with E-state index in [2.05, 4.69) is 31.3 Å². The average Bonchev–Trinajstić information content (AvgIpc) is 3.11. The molecule has 1 unspecified atom stereocenters. The van der Waals surface area contributed by atoms with Gasteiger partial charge in [-0.2, -0.15) is 5.21 Å². The van der Waals surface area contributed by atoms with Gasteiger partial charge >= 0.3 is 6.09 Å². The lowest BCUT2D eigenvalue weighted by Gasteiger charge is -2.20. The molecular weight excluding hydrogens is 308 g/mol. The molecule has 1 atom stereocenters. The normalized spacial score (nSPS) is 16.7. The zero-order chi connectivity index (χ0) is 17.2. The van der Waals surface area contributed by atoms with Crippen LogP contribution in [0.5, 0.6) is 0 Å². The Hall–Kier alpha value is -2.48. The number of tetrazole rings is 1. The van der Waals surface area contributed by atoms with E-state index in [9.17, 15) is 4.79 Å². The number of H-pyrrole nitrogens is 1. The summed E-state index contributed by atoms with van der Waals surface area (Å²) in [4.78, 5) is 11.9. The molecule has 1 amide bonds. The highest BCUT2D eigenvalue weighted by Gasteiger charge is 2.23. The van der Waals surface area contributed by atoms with E-state index in [1.807, 2.05) is 39.0 Å². The van der Waals surface area contributed by atoms with Crippen molar-refractivity contribution in [2.75, 3.05) is 5.32 Å². The molecule has 0 bridgehead atoms. The number of ether oxygens (including phenoxy) is 1. The van der Waals surface area contributed by atoms with E-state index in [0.717, 1.165) is 18.5 Å². The Morgan fingerprint density at radius 1 is 1.42 bits per heavy atom. The maximum absolute atomic E-state index is 11.9. The minimum Gasteiger partial charge on any atom is -0.444 e. The number of fused-ring (bicyclic) bond motifs is 1. The first-order chi connectivity index (χ1) is 11.4. The second kappa shape index (κ2) is 6.56. The van der Waals surface area contributed by atoms with Gasteiger partial charge in [-0.1, -0.05) is 11.3 Å². The molecule has 8 nitrogen and oxygen atoms in total. The van der Waals surface area contributed by atoms with Gasteiger partial charge in [-0.15, -0.1) is 10.2 Å². The minimum atomic E-state index is -0.509. The third kappa shape index (κ3) is 4.08. The third-order valence-electron chi connectivity index (χ3n) is 3.76. The van der Waals surface area contributed by atoms with Crippen LogP contribution < -0.4 is 10.6 Å². The van der Waals surface area contributed by atoms with Gasteiger partial charge in [0.15, 0.2) is 5.82 Å². The summed E-state index contributed by atoms with van der Waals surface area (Å²) in [5, 5.41) is 20.1. The van der Waals surface area contributed by atoms with E-state index in [1.54, 1.807) is 0 Å². The summed E-state index contributed by atoms with van der Waals surface area (Å²) in [7, 11) is 0. The number of carbonyl (C=O) groups excluding carboxylic acids is 1. The van der Waals surface area contributed by atoms with Gasteiger partial charge in [0.05, 0.1) is 6.54 Å². The van der Waals surface area contributed by atoms with Gasteiger partial charge in [-0.05, 0) is 56.9 Å². The van der Waals surface area contributed by atoms with Crippen molar-refractivity contribution >= 4 is 11.8 Å². The van der Waals surface area contributed by atoms with E-state index >= 15 is 0 Å². The molecule has 8 heteroatoms. The Morgan fingerprint density at radius 3 is 2.96 bits per heavy atom. The lowest BCUT2D eigenvalue weighted by molar-refractivity contribution is 0.0636. The molecule has 1 aliphatic rings. The van der Waals surface area contributed by atoms with Crippen LogP contribution >= 0.6 is 0 Å². The zero-order valence-electron chi connectivity index (χ0n) is 14.1. The van der Waals surface area contributed by atoms with Crippen LogP contribution in [-0.4, -0.2) is 32.3 Å². The quantitative estimate of drug-likeness (QED) is 0.794. The highest BCUT2D eigenvalue weighted by Crippen LogP contribution is 2.33.